The van der Waals surface area contributed by atoms with Crippen LogP contribution in [0.4, 0.5) is 0 Å². The van der Waals surface area contributed by atoms with Gasteiger partial charge in [0.2, 0.25) is 0 Å². The van der Waals surface area contributed by atoms with Crippen molar-refractivity contribution in [3.63, 3.8) is 0 Å². The maximum Gasteiger partial charge on any atom is 0.145 e. The molecule has 0 aliphatic heterocycles. The number of nitrogens with zero attached hydrogens (tertiary/aromatic N) is 2. The molecule has 2 heteroatoms. The molecule has 1 heterocycles. The molecule has 0 saturated heterocycles. The molecule has 0 radical (unpaired) electrons. The van der Waals surface area contributed by atoms with Gasteiger partial charge in [-0.15, -0.1) is 0 Å². The van der Waals surface area contributed by atoms with Crippen molar-refractivity contribution in [1.82, 2.24) is 9.55 Å². The van der Waals surface area contributed by atoms with Crippen molar-refractivity contribution < 1.29 is 0 Å². The molecule has 0 saturated carbocycles. The monoisotopic (exact) mass is 772 g/mol. The van der Waals surface area contributed by atoms with Crippen LogP contribution in [0.15, 0.2) is 218 Å². The van der Waals surface area contributed by atoms with Crippen LogP contribution >= 0.6 is 0 Å². The third-order valence-corrected chi connectivity index (χ3v) is 12.9. The Morgan fingerprint density at radius 1 is 0.295 bits per heavy atom. The topological polar surface area (TPSA) is 17.8 Å². The van der Waals surface area contributed by atoms with Crippen LogP contribution in [0.5, 0.6) is 0 Å². The second-order valence-electron chi connectivity index (χ2n) is 16.2. The van der Waals surface area contributed by atoms with Crippen LogP contribution in [0.25, 0.3) is 126 Å². The smallest absolute Gasteiger partial charge is 0.145 e. The molecule has 13 rings (SSSR count). The fourth-order valence-electron chi connectivity index (χ4n) is 10.4. The van der Waals surface area contributed by atoms with Gasteiger partial charge in [0.1, 0.15) is 5.82 Å². The Morgan fingerprint density at radius 2 is 0.770 bits per heavy atom. The number of rotatable bonds is 4. The highest BCUT2D eigenvalue weighted by molar-refractivity contribution is 6.35. The fourth-order valence-corrected chi connectivity index (χ4v) is 10.4. The molecule has 0 unspecified atom stereocenters. The number of imidazole rings is 1. The van der Waals surface area contributed by atoms with Gasteiger partial charge >= 0.3 is 0 Å². The van der Waals surface area contributed by atoms with Crippen LogP contribution in [0.2, 0.25) is 0 Å². The summed E-state index contributed by atoms with van der Waals surface area (Å²) in [5, 5.41) is 17.7. The first-order valence-corrected chi connectivity index (χ1v) is 21.1. The molecule has 0 atom stereocenters. The van der Waals surface area contributed by atoms with E-state index >= 15 is 0 Å². The largest absolute Gasteiger partial charge is 0.292 e. The Hall–Kier alpha value is -8.07. The van der Waals surface area contributed by atoms with Crippen molar-refractivity contribution in [2.24, 2.45) is 0 Å². The van der Waals surface area contributed by atoms with E-state index in [-0.39, 0.29) is 0 Å². The molecule has 13 aromatic rings. The van der Waals surface area contributed by atoms with Gasteiger partial charge < -0.3 is 0 Å². The predicted octanol–water partition coefficient (Wildman–Crippen LogP) is 16.1. The lowest BCUT2D eigenvalue weighted by Crippen LogP contribution is -1.98. The molecule has 282 valence electrons. The highest BCUT2D eigenvalue weighted by Crippen LogP contribution is 2.48. The van der Waals surface area contributed by atoms with E-state index in [4.69, 9.17) is 4.98 Å². The Balaban J connectivity index is 1.10. The zero-order chi connectivity index (χ0) is 40.0. The molecule has 0 aliphatic carbocycles. The normalized spacial score (nSPS) is 11.9. The minimum Gasteiger partial charge on any atom is -0.292 e. The third kappa shape index (κ3) is 5.00. The van der Waals surface area contributed by atoms with Gasteiger partial charge in [-0.3, -0.25) is 4.57 Å². The molecule has 0 N–H and O–H groups in total. The van der Waals surface area contributed by atoms with Gasteiger partial charge in [-0.25, -0.2) is 4.98 Å². The number of aromatic nitrogens is 2. The standard InChI is InChI=1S/C59H36N2/c1-2-15-40(16-3-1)59-60-52-29-10-11-30-53(52)61(59)41-35-33-39(34-36-41)54-45-21-6-8-23-48(45)58(49-24-9-7-22-46(49)54)51-28-14-27-50-47-26-13-18-38-32-31-37-17-12-25-43(55(37)56(38)47)42-19-4-5-20-44(42)57(50)51/h1-36H. The summed E-state index contributed by atoms with van der Waals surface area (Å²) < 4.78 is 2.29. The first-order valence-electron chi connectivity index (χ1n) is 21.1. The van der Waals surface area contributed by atoms with Crippen LogP contribution in [-0.4, -0.2) is 9.55 Å². The summed E-state index contributed by atoms with van der Waals surface area (Å²) in [7, 11) is 0. The Kier molecular flexibility index (Phi) is 7.34. The average Bonchev–Trinajstić information content (AvgIpc) is 3.72. The van der Waals surface area contributed by atoms with Crippen molar-refractivity contribution in [1.29, 1.82) is 0 Å². The van der Waals surface area contributed by atoms with Gasteiger partial charge in [0.15, 0.2) is 0 Å². The molecular formula is C59H36N2. The van der Waals surface area contributed by atoms with Gasteiger partial charge in [-0.05, 0) is 122 Å². The summed E-state index contributed by atoms with van der Waals surface area (Å²) in [5.41, 5.74) is 9.15. The summed E-state index contributed by atoms with van der Waals surface area (Å²) in [6.45, 7) is 0. The molecule has 61 heavy (non-hydrogen) atoms. The average molecular weight is 773 g/mol. The van der Waals surface area contributed by atoms with Crippen molar-refractivity contribution in [3.05, 3.63) is 218 Å². The lowest BCUT2D eigenvalue weighted by atomic mass is 9.83. The van der Waals surface area contributed by atoms with Crippen LogP contribution in [0, 0.1) is 0 Å². The van der Waals surface area contributed by atoms with E-state index in [1.54, 1.807) is 0 Å². The van der Waals surface area contributed by atoms with Crippen LogP contribution in [-0.2, 0) is 0 Å². The molecule has 0 amide bonds. The van der Waals surface area contributed by atoms with Gasteiger partial charge in [0.25, 0.3) is 0 Å². The number of benzene rings is 11. The molecule has 1 aromatic heterocycles. The van der Waals surface area contributed by atoms with E-state index < -0.39 is 0 Å². The summed E-state index contributed by atoms with van der Waals surface area (Å²) in [5.74, 6) is 0.936. The van der Waals surface area contributed by atoms with Crippen LogP contribution < -0.4 is 0 Å². The molecule has 2 nitrogen and oxygen atoms in total. The summed E-state index contributed by atoms with van der Waals surface area (Å²) >= 11 is 0. The molecule has 0 aliphatic rings. The van der Waals surface area contributed by atoms with Crippen LogP contribution in [0.1, 0.15) is 0 Å². The number of hydrogen-bond donors (Lipinski definition) is 0. The minimum absolute atomic E-state index is 0.936. The SMILES string of the molecule is c1ccc(-c2nc3ccccc3n2-c2ccc(-c3c4ccccc4c(-c4cccc5c6cccc7ccc8cccc(c9ccccc9c45)c8c76)c4ccccc34)cc2)cc1. The third-order valence-electron chi connectivity index (χ3n) is 12.9. The van der Waals surface area contributed by atoms with Gasteiger partial charge in [-0.2, -0.15) is 0 Å². The lowest BCUT2D eigenvalue weighted by molar-refractivity contribution is 1.10. The summed E-state index contributed by atoms with van der Waals surface area (Å²) in [6, 6.07) is 80.2. The van der Waals surface area contributed by atoms with E-state index in [0.29, 0.717) is 0 Å². The zero-order valence-electron chi connectivity index (χ0n) is 33.2. The zero-order valence-corrected chi connectivity index (χ0v) is 33.2. The van der Waals surface area contributed by atoms with E-state index in [2.05, 4.69) is 223 Å². The fraction of sp³-hybridized carbons (Fsp3) is 0. The first-order chi connectivity index (χ1) is 30.3. The molecule has 0 fully saturated rings. The number of hydrogen-bond acceptors (Lipinski definition) is 1. The second-order valence-corrected chi connectivity index (χ2v) is 16.2. The van der Waals surface area contributed by atoms with E-state index in [9.17, 15) is 0 Å². The van der Waals surface area contributed by atoms with E-state index in [1.807, 2.05) is 0 Å². The Bertz CT molecular complexity index is 3860. The van der Waals surface area contributed by atoms with Crippen molar-refractivity contribution in [3.8, 4) is 39.3 Å². The van der Waals surface area contributed by atoms with Gasteiger partial charge in [0, 0.05) is 11.3 Å². The second kappa shape index (κ2) is 13.2. The minimum atomic E-state index is 0.936. The Labute approximate surface area is 352 Å². The van der Waals surface area contributed by atoms with Crippen molar-refractivity contribution in [2.75, 3.05) is 0 Å². The lowest BCUT2D eigenvalue weighted by Gasteiger charge is -2.20. The summed E-state index contributed by atoms with van der Waals surface area (Å²) in [6.07, 6.45) is 0. The van der Waals surface area contributed by atoms with Crippen LogP contribution in [0.3, 0.4) is 0 Å². The molecule has 0 bridgehead atoms. The number of para-hydroxylation sites is 2. The first kappa shape index (κ1) is 33.9. The predicted molar refractivity (Wildman–Crippen MR) is 260 cm³/mol. The summed E-state index contributed by atoms with van der Waals surface area (Å²) in [4.78, 5) is 5.11. The Morgan fingerprint density at radius 3 is 1.43 bits per heavy atom. The molecule has 12 aromatic carbocycles. The van der Waals surface area contributed by atoms with Gasteiger partial charge in [0.05, 0.1) is 11.0 Å². The molecule has 0 spiro atoms. The highest BCUT2D eigenvalue weighted by Gasteiger charge is 2.21. The maximum absolute atomic E-state index is 5.11. The van der Waals surface area contributed by atoms with Gasteiger partial charge in [-0.1, -0.05) is 194 Å². The number of fused-ring (bicyclic) bond motifs is 8. The highest BCUT2D eigenvalue weighted by atomic mass is 15.1. The maximum atomic E-state index is 5.11. The quantitative estimate of drug-likeness (QED) is 0.129. The van der Waals surface area contributed by atoms with Crippen molar-refractivity contribution >= 4 is 86.4 Å². The van der Waals surface area contributed by atoms with E-state index in [1.165, 1.54) is 97.7 Å². The van der Waals surface area contributed by atoms with E-state index in [0.717, 1.165) is 28.1 Å². The molecular weight excluding hydrogens is 737 g/mol. The van der Waals surface area contributed by atoms with Crippen molar-refractivity contribution in [2.45, 2.75) is 0 Å².